The van der Waals surface area contributed by atoms with Crippen molar-refractivity contribution in [2.75, 3.05) is 0 Å². The number of carbonyl (C=O) groups is 3. The van der Waals surface area contributed by atoms with Crippen molar-refractivity contribution in [2.45, 2.75) is 18.9 Å². The Morgan fingerprint density at radius 3 is 2.65 bits per heavy atom. The number of rotatable bonds is 6. The SMILES string of the molecule is NC(=O)CC(NC(=O)Cc1ccsc1)C(=O)O. The van der Waals surface area contributed by atoms with E-state index in [1.54, 1.807) is 11.4 Å². The van der Waals surface area contributed by atoms with Gasteiger partial charge in [0.15, 0.2) is 0 Å². The number of thiophene rings is 1. The van der Waals surface area contributed by atoms with Gasteiger partial charge in [-0.15, -0.1) is 0 Å². The number of nitrogens with two attached hydrogens (primary N) is 1. The van der Waals surface area contributed by atoms with Crippen LogP contribution in [0.3, 0.4) is 0 Å². The van der Waals surface area contributed by atoms with E-state index in [1.807, 2.05) is 5.38 Å². The molecule has 6 nitrogen and oxygen atoms in total. The minimum absolute atomic E-state index is 0.0893. The smallest absolute Gasteiger partial charge is 0.326 e. The van der Waals surface area contributed by atoms with Crippen molar-refractivity contribution in [1.82, 2.24) is 5.32 Å². The Bertz CT molecular complexity index is 416. The highest BCUT2D eigenvalue weighted by Gasteiger charge is 2.21. The second-order valence-electron chi connectivity index (χ2n) is 3.44. The Hall–Kier alpha value is -1.89. The van der Waals surface area contributed by atoms with Gasteiger partial charge in [0, 0.05) is 0 Å². The zero-order chi connectivity index (χ0) is 12.8. The van der Waals surface area contributed by atoms with Gasteiger partial charge in [-0.3, -0.25) is 9.59 Å². The summed E-state index contributed by atoms with van der Waals surface area (Å²) in [5.74, 6) is -2.49. The highest BCUT2D eigenvalue weighted by atomic mass is 32.1. The average molecular weight is 256 g/mol. The number of carboxylic acids is 1. The summed E-state index contributed by atoms with van der Waals surface area (Å²) in [5.41, 5.74) is 5.69. The summed E-state index contributed by atoms with van der Waals surface area (Å²) in [7, 11) is 0. The normalized spacial score (nSPS) is 11.8. The standard InChI is InChI=1S/C10H12N2O4S/c11-8(13)4-7(10(15)16)12-9(14)3-6-1-2-17-5-6/h1-2,5,7H,3-4H2,(H2,11,13)(H,12,14)(H,15,16). The maximum atomic E-state index is 11.5. The molecule has 1 aromatic heterocycles. The maximum absolute atomic E-state index is 11.5. The Morgan fingerprint density at radius 1 is 1.47 bits per heavy atom. The lowest BCUT2D eigenvalue weighted by atomic mass is 10.1. The number of carboxylic acid groups (broad SMARTS) is 1. The van der Waals surface area contributed by atoms with Crippen LogP contribution in [0, 0.1) is 0 Å². The lowest BCUT2D eigenvalue weighted by molar-refractivity contribution is -0.143. The van der Waals surface area contributed by atoms with E-state index < -0.39 is 30.2 Å². The molecule has 0 aliphatic heterocycles. The zero-order valence-electron chi connectivity index (χ0n) is 8.88. The first-order valence-corrected chi connectivity index (χ1v) is 5.75. The van der Waals surface area contributed by atoms with Gasteiger partial charge in [-0.1, -0.05) is 0 Å². The third kappa shape index (κ3) is 4.64. The summed E-state index contributed by atoms with van der Waals surface area (Å²) in [6.07, 6.45) is -0.323. The van der Waals surface area contributed by atoms with E-state index in [0.717, 1.165) is 5.56 Å². The zero-order valence-corrected chi connectivity index (χ0v) is 9.70. The van der Waals surface area contributed by atoms with Gasteiger partial charge in [0.25, 0.3) is 0 Å². The fraction of sp³-hybridized carbons (Fsp3) is 0.300. The van der Waals surface area contributed by atoms with Gasteiger partial charge in [-0.05, 0) is 22.4 Å². The Balaban J connectivity index is 2.52. The molecule has 4 N–H and O–H groups in total. The van der Waals surface area contributed by atoms with Gasteiger partial charge in [-0.25, -0.2) is 4.79 Å². The maximum Gasteiger partial charge on any atom is 0.326 e. The third-order valence-electron chi connectivity index (χ3n) is 1.98. The molecule has 2 amide bonds. The largest absolute Gasteiger partial charge is 0.480 e. The van der Waals surface area contributed by atoms with E-state index in [0.29, 0.717) is 0 Å². The number of hydrogen-bond acceptors (Lipinski definition) is 4. The van der Waals surface area contributed by atoms with Crippen LogP contribution >= 0.6 is 11.3 Å². The molecule has 0 saturated heterocycles. The van der Waals surface area contributed by atoms with Crippen LogP contribution in [0.2, 0.25) is 0 Å². The molecule has 1 unspecified atom stereocenters. The second-order valence-corrected chi connectivity index (χ2v) is 4.22. The predicted octanol–water partition coefficient (Wildman–Crippen LogP) is -0.265. The summed E-state index contributed by atoms with van der Waals surface area (Å²) in [6.45, 7) is 0. The molecule has 0 saturated carbocycles. The van der Waals surface area contributed by atoms with Crippen molar-refractivity contribution in [3.63, 3.8) is 0 Å². The molecular formula is C10H12N2O4S. The summed E-state index contributed by atoms with van der Waals surface area (Å²) in [5, 5.41) is 14.6. The fourth-order valence-corrected chi connectivity index (χ4v) is 1.89. The lowest BCUT2D eigenvalue weighted by Crippen LogP contribution is -2.43. The van der Waals surface area contributed by atoms with E-state index in [1.165, 1.54) is 11.3 Å². The summed E-state index contributed by atoms with van der Waals surface area (Å²) < 4.78 is 0. The van der Waals surface area contributed by atoms with E-state index in [-0.39, 0.29) is 6.42 Å². The van der Waals surface area contributed by atoms with Crippen LogP contribution in [0.5, 0.6) is 0 Å². The van der Waals surface area contributed by atoms with Gasteiger partial charge in [0.2, 0.25) is 11.8 Å². The number of nitrogens with one attached hydrogen (secondary N) is 1. The number of aliphatic carboxylic acids is 1. The molecule has 0 bridgehead atoms. The highest BCUT2D eigenvalue weighted by Crippen LogP contribution is 2.06. The minimum Gasteiger partial charge on any atom is -0.480 e. The quantitative estimate of drug-likeness (QED) is 0.651. The van der Waals surface area contributed by atoms with E-state index in [4.69, 9.17) is 10.8 Å². The average Bonchev–Trinajstić information content (AvgIpc) is 2.68. The molecule has 0 aromatic carbocycles. The van der Waals surface area contributed by atoms with Crippen molar-refractivity contribution in [2.24, 2.45) is 5.73 Å². The molecule has 1 atom stereocenters. The van der Waals surface area contributed by atoms with Gasteiger partial charge < -0.3 is 16.2 Å². The monoisotopic (exact) mass is 256 g/mol. The molecule has 0 aliphatic rings. The molecule has 1 aromatic rings. The van der Waals surface area contributed by atoms with Gasteiger partial charge in [-0.2, -0.15) is 11.3 Å². The number of carbonyl (C=O) groups excluding carboxylic acids is 2. The minimum atomic E-state index is -1.28. The molecule has 7 heteroatoms. The summed E-state index contributed by atoms with van der Waals surface area (Å²) in [6, 6.07) is 0.507. The van der Waals surface area contributed by atoms with E-state index in [9.17, 15) is 14.4 Å². The number of amides is 2. The summed E-state index contributed by atoms with van der Waals surface area (Å²) >= 11 is 1.45. The first-order chi connectivity index (χ1) is 7.99. The van der Waals surface area contributed by atoms with Gasteiger partial charge in [0.1, 0.15) is 6.04 Å². The Kier molecular flexibility index (Phi) is 4.65. The van der Waals surface area contributed by atoms with Crippen LogP contribution < -0.4 is 11.1 Å². The highest BCUT2D eigenvalue weighted by molar-refractivity contribution is 7.07. The molecule has 0 radical (unpaired) electrons. The molecule has 0 spiro atoms. The van der Waals surface area contributed by atoms with E-state index >= 15 is 0 Å². The van der Waals surface area contributed by atoms with Crippen LogP contribution in [0.25, 0.3) is 0 Å². The van der Waals surface area contributed by atoms with Crippen molar-refractivity contribution >= 4 is 29.1 Å². The van der Waals surface area contributed by atoms with Crippen LogP contribution in [0.4, 0.5) is 0 Å². The van der Waals surface area contributed by atoms with Crippen molar-refractivity contribution in [3.05, 3.63) is 22.4 Å². The van der Waals surface area contributed by atoms with Crippen molar-refractivity contribution in [3.8, 4) is 0 Å². The lowest BCUT2D eigenvalue weighted by Gasteiger charge is -2.12. The molecule has 17 heavy (non-hydrogen) atoms. The van der Waals surface area contributed by atoms with E-state index in [2.05, 4.69) is 5.32 Å². The topological polar surface area (TPSA) is 109 Å². The molecule has 1 rings (SSSR count). The molecular weight excluding hydrogens is 244 g/mol. The van der Waals surface area contributed by atoms with Crippen LogP contribution in [-0.4, -0.2) is 28.9 Å². The third-order valence-corrected chi connectivity index (χ3v) is 2.72. The van der Waals surface area contributed by atoms with Crippen molar-refractivity contribution in [1.29, 1.82) is 0 Å². The number of primary amides is 1. The molecule has 0 aliphatic carbocycles. The first-order valence-electron chi connectivity index (χ1n) is 4.80. The van der Waals surface area contributed by atoms with Crippen LogP contribution in [0.1, 0.15) is 12.0 Å². The van der Waals surface area contributed by atoms with Crippen molar-refractivity contribution < 1.29 is 19.5 Å². The Labute approximate surface area is 101 Å². The summed E-state index contributed by atoms with van der Waals surface area (Å²) in [4.78, 5) is 32.9. The molecule has 92 valence electrons. The molecule has 0 fully saturated rings. The Morgan fingerprint density at radius 2 is 2.18 bits per heavy atom. The predicted molar refractivity (Wildman–Crippen MR) is 61.4 cm³/mol. The van der Waals surface area contributed by atoms with Crippen LogP contribution in [0.15, 0.2) is 16.8 Å². The first kappa shape index (κ1) is 13.2. The fourth-order valence-electron chi connectivity index (χ4n) is 1.23. The van der Waals surface area contributed by atoms with Gasteiger partial charge >= 0.3 is 5.97 Å². The second kappa shape index (κ2) is 6.00. The van der Waals surface area contributed by atoms with Gasteiger partial charge in [0.05, 0.1) is 12.8 Å². The molecule has 1 heterocycles. The number of hydrogen-bond donors (Lipinski definition) is 3. The van der Waals surface area contributed by atoms with Crippen LogP contribution in [-0.2, 0) is 20.8 Å².